The fourth-order valence-corrected chi connectivity index (χ4v) is 1.43. The third-order valence-electron chi connectivity index (χ3n) is 2.04. The average molecular weight is 222 g/mol. The molecular weight excluding hydrogens is 209 g/mol. The van der Waals surface area contributed by atoms with Crippen LogP contribution in [0.5, 0.6) is 0 Å². The van der Waals surface area contributed by atoms with Crippen molar-refractivity contribution in [3.8, 4) is 0 Å². The molecule has 0 atom stereocenters. The van der Waals surface area contributed by atoms with Crippen LogP contribution in [0.3, 0.4) is 0 Å². The predicted octanol–water partition coefficient (Wildman–Crippen LogP) is 1.85. The molecule has 0 spiro atoms. The molecule has 74 valence electrons. The number of hydrogen-bond donors (Lipinski definition) is 1. The summed E-state index contributed by atoms with van der Waals surface area (Å²) in [5, 5.41) is 2.93. The zero-order chi connectivity index (χ0) is 7.68. The Hall–Kier alpha value is -0.540. The molecule has 13 heavy (non-hydrogen) atoms. The highest BCUT2D eigenvalue weighted by Gasteiger charge is 2.12. The van der Waals surface area contributed by atoms with E-state index in [-0.39, 0.29) is 24.8 Å². The third kappa shape index (κ3) is 2.45. The molecule has 5 heteroatoms. The second kappa shape index (κ2) is 5.25. The topological polar surface area (TPSA) is 37.8 Å². The molecule has 0 aliphatic heterocycles. The van der Waals surface area contributed by atoms with Crippen LogP contribution in [-0.4, -0.2) is 17.0 Å². The predicted molar refractivity (Wildman–Crippen MR) is 58.1 cm³/mol. The van der Waals surface area contributed by atoms with E-state index in [2.05, 4.69) is 15.3 Å². The second-order valence-electron chi connectivity index (χ2n) is 2.77. The van der Waals surface area contributed by atoms with Crippen LogP contribution in [0.25, 0.3) is 0 Å². The summed E-state index contributed by atoms with van der Waals surface area (Å²) >= 11 is 0. The van der Waals surface area contributed by atoms with Gasteiger partial charge in [-0.15, -0.1) is 24.8 Å². The molecule has 3 nitrogen and oxygen atoms in total. The van der Waals surface area contributed by atoms with E-state index >= 15 is 0 Å². The maximum absolute atomic E-state index is 4.35. The smallest absolute Gasteiger partial charge is 0.222 e. The van der Waals surface area contributed by atoms with Gasteiger partial charge in [0.1, 0.15) is 0 Å². The molecule has 0 bridgehead atoms. The van der Waals surface area contributed by atoms with Crippen molar-refractivity contribution in [3.63, 3.8) is 0 Å². The van der Waals surface area contributed by atoms with Gasteiger partial charge < -0.3 is 5.32 Å². The van der Waals surface area contributed by atoms with Gasteiger partial charge in [0.15, 0.2) is 0 Å². The Kier molecular flexibility index (Phi) is 5.03. The number of hydrogen-bond acceptors (Lipinski definition) is 3. The van der Waals surface area contributed by atoms with Gasteiger partial charge in [0.2, 0.25) is 5.95 Å². The average Bonchev–Trinajstić information content (AvgIpc) is 2.50. The van der Waals surface area contributed by atoms with Crippen molar-refractivity contribution >= 4 is 30.8 Å². The van der Waals surface area contributed by atoms with Crippen molar-refractivity contribution in [1.29, 1.82) is 0 Å². The number of rotatable bonds is 1. The zero-order valence-corrected chi connectivity index (χ0v) is 9.04. The molecule has 0 amide bonds. The normalized spacial score (nSPS) is 12.4. The van der Waals surface area contributed by atoms with E-state index in [1.165, 1.54) is 17.7 Å². The number of anilines is 1. The maximum atomic E-state index is 4.35. The summed E-state index contributed by atoms with van der Waals surface area (Å²) in [5.74, 6) is 0.741. The number of nitrogens with zero attached hydrogens (tertiary/aromatic N) is 2. The standard InChI is InChI=1S/C8H11N3.2ClH/c1-9-8-10-5-6-3-2-4-7(6)11-8;;/h5H,2-4H2,1H3,(H,9,10,11);2*1H. The fourth-order valence-electron chi connectivity index (χ4n) is 1.43. The largest absolute Gasteiger partial charge is 0.357 e. The number of nitrogens with one attached hydrogen (secondary N) is 1. The lowest BCUT2D eigenvalue weighted by Gasteiger charge is -2.00. The molecule has 0 unspecified atom stereocenters. The first kappa shape index (κ1) is 12.5. The van der Waals surface area contributed by atoms with Crippen molar-refractivity contribution in [1.82, 2.24) is 9.97 Å². The fraction of sp³-hybridized carbons (Fsp3) is 0.500. The van der Waals surface area contributed by atoms with E-state index in [0.29, 0.717) is 0 Å². The Morgan fingerprint density at radius 3 is 2.77 bits per heavy atom. The highest BCUT2D eigenvalue weighted by atomic mass is 35.5. The highest BCUT2D eigenvalue weighted by molar-refractivity contribution is 5.85. The van der Waals surface area contributed by atoms with Gasteiger partial charge in [-0.1, -0.05) is 0 Å². The molecule has 1 aromatic heterocycles. The van der Waals surface area contributed by atoms with Crippen LogP contribution in [0.2, 0.25) is 0 Å². The summed E-state index contributed by atoms with van der Waals surface area (Å²) in [7, 11) is 1.84. The molecule has 2 rings (SSSR count). The van der Waals surface area contributed by atoms with Gasteiger partial charge in [0.25, 0.3) is 0 Å². The summed E-state index contributed by atoms with van der Waals surface area (Å²) in [4.78, 5) is 8.50. The van der Waals surface area contributed by atoms with Crippen molar-refractivity contribution in [2.45, 2.75) is 19.3 Å². The van der Waals surface area contributed by atoms with Crippen LogP contribution in [-0.2, 0) is 12.8 Å². The van der Waals surface area contributed by atoms with E-state index in [0.717, 1.165) is 18.8 Å². The SMILES string of the molecule is CNc1ncc2c(n1)CCC2.Cl.Cl. The van der Waals surface area contributed by atoms with E-state index in [1.54, 1.807) is 0 Å². The van der Waals surface area contributed by atoms with Crippen molar-refractivity contribution < 1.29 is 0 Å². The van der Waals surface area contributed by atoms with Crippen LogP contribution in [0.4, 0.5) is 5.95 Å². The number of aromatic nitrogens is 2. The van der Waals surface area contributed by atoms with E-state index in [9.17, 15) is 0 Å². The molecule has 0 fully saturated rings. The lowest BCUT2D eigenvalue weighted by atomic mass is 10.3. The zero-order valence-electron chi connectivity index (χ0n) is 7.41. The first-order valence-electron chi connectivity index (χ1n) is 3.92. The molecule has 1 N–H and O–H groups in total. The van der Waals surface area contributed by atoms with Crippen LogP contribution in [0, 0.1) is 0 Å². The number of halogens is 2. The highest BCUT2D eigenvalue weighted by Crippen LogP contribution is 2.19. The molecule has 0 saturated carbocycles. The van der Waals surface area contributed by atoms with Gasteiger partial charge in [-0.2, -0.15) is 0 Å². The first-order valence-corrected chi connectivity index (χ1v) is 3.92. The van der Waals surface area contributed by atoms with E-state index in [4.69, 9.17) is 0 Å². The van der Waals surface area contributed by atoms with Crippen LogP contribution < -0.4 is 5.32 Å². The summed E-state index contributed by atoms with van der Waals surface area (Å²) in [6.07, 6.45) is 5.43. The molecule has 1 aliphatic carbocycles. The minimum atomic E-state index is 0. The number of fused-ring (bicyclic) bond motifs is 1. The minimum absolute atomic E-state index is 0. The Morgan fingerprint density at radius 2 is 2.08 bits per heavy atom. The molecule has 0 radical (unpaired) electrons. The molecule has 0 aromatic carbocycles. The Labute approximate surface area is 90.2 Å². The Balaban J connectivity index is 0.000000720. The van der Waals surface area contributed by atoms with Crippen LogP contribution in [0.15, 0.2) is 6.20 Å². The third-order valence-corrected chi connectivity index (χ3v) is 2.04. The van der Waals surface area contributed by atoms with Crippen molar-refractivity contribution in [3.05, 3.63) is 17.5 Å². The van der Waals surface area contributed by atoms with Gasteiger partial charge in [0.05, 0.1) is 0 Å². The molecule has 1 heterocycles. The van der Waals surface area contributed by atoms with Crippen LogP contribution in [0.1, 0.15) is 17.7 Å². The summed E-state index contributed by atoms with van der Waals surface area (Å²) in [6, 6.07) is 0. The number of aryl methyl sites for hydroxylation is 2. The van der Waals surface area contributed by atoms with E-state index < -0.39 is 0 Å². The molecule has 1 aliphatic rings. The van der Waals surface area contributed by atoms with Gasteiger partial charge in [0, 0.05) is 18.9 Å². The van der Waals surface area contributed by atoms with Gasteiger partial charge in [-0.25, -0.2) is 9.97 Å². The maximum Gasteiger partial charge on any atom is 0.222 e. The Bertz CT molecular complexity index is 278. The molecule has 0 saturated heterocycles. The van der Waals surface area contributed by atoms with Gasteiger partial charge in [-0.05, 0) is 24.8 Å². The lowest BCUT2D eigenvalue weighted by molar-refractivity contribution is 0.899. The monoisotopic (exact) mass is 221 g/mol. The Morgan fingerprint density at radius 1 is 1.31 bits per heavy atom. The van der Waals surface area contributed by atoms with Gasteiger partial charge in [-0.3, -0.25) is 0 Å². The summed E-state index contributed by atoms with van der Waals surface area (Å²) in [5.41, 5.74) is 2.55. The van der Waals surface area contributed by atoms with Crippen molar-refractivity contribution in [2.24, 2.45) is 0 Å². The van der Waals surface area contributed by atoms with E-state index in [1.807, 2.05) is 13.2 Å². The lowest BCUT2D eigenvalue weighted by Crippen LogP contribution is -1.99. The van der Waals surface area contributed by atoms with Gasteiger partial charge >= 0.3 is 0 Å². The van der Waals surface area contributed by atoms with Crippen LogP contribution >= 0.6 is 24.8 Å². The summed E-state index contributed by atoms with van der Waals surface area (Å²) < 4.78 is 0. The first-order chi connectivity index (χ1) is 5.40. The quantitative estimate of drug-likeness (QED) is 0.787. The summed E-state index contributed by atoms with van der Waals surface area (Å²) in [6.45, 7) is 0. The second-order valence-corrected chi connectivity index (χ2v) is 2.77. The minimum Gasteiger partial charge on any atom is -0.357 e. The molecular formula is C8H13Cl2N3. The van der Waals surface area contributed by atoms with Crippen molar-refractivity contribution in [2.75, 3.05) is 12.4 Å². The molecule has 1 aromatic rings.